The first-order chi connectivity index (χ1) is 16.7. The van der Waals surface area contributed by atoms with Crippen LogP contribution in [-0.4, -0.2) is 43.4 Å². The summed E-state index contributed by atoms with van der Waals surface area (Å²) in [5, 5.41) is -1.93. The van der Waals surface area contributed by atoms with Crippen molar-refractivity contribution in [3.05, 3.63) is 30.3 Å². The summed E-state index contributed by atoms with van der Waals surface area (Å²) in [5.74, 6) is -1.93. The van der Waals surface area contributed by atoms with E-state index in [4.69, 9.17) is 9.47 Å². The van der Waals surface area contributed by atoms with Crippen LogP contribution in [0.1, 0.15) is 97.3 Å². The van der Waals surface area contributed by atoms with Gasteiger partial charge in [0, 0.05) is 0 Å². The summed E-state index contributed by atoms with van der Waals surface area (Å²) >= 11 is 0.810. The van der Waals surface area contributed by atoms with Crippen molar-refractivity contribution in [1.29, 1.82) is 0 Å². The van der Waals surface area contributed by atoms with Crippen molar-refractivity contribution in [1.82, 2.24) is 0 Å². The van der Waals surface area contributed by atoms with Crippen LogP contribution in [0.2, 0.25) is 0 Å². The van der Waals surface area contributed by atoms with E-state index in [1.54, 1.807) is 0 Å². The number of ether oxygens (including phenoxy) is 2. The summed E-state index contributed by atoms with van der Waals surface area (Å²) in [7, 11) is -4.73. The SMILES string of the molecule is CCCCCCCCOC(=O)CC(C(=O)OCCCCCCCC)S(=O)(=O)O.[Hg][c]1ccccc1. The molecule has 0 aliphatic rings. The van der Waals surface area contributed by atoms with Gasteiger partial charge in [-0.2, -0.15) is 8.42 Å². The summed E-state index contributed by atoms with van der Waals surface area (Å²) in [6, 6.07) is 10.6. The maximum atomic E-state index is 12.0. The molecule has 0 saturated carbocycles. The quantitative estimate of drug-likeness (QED) is 0.0960. The Morgan fingerprint density at radius 3 is 1.69 bits per heavy atom. The molecule has 1 N–H and O–H groups in total. The third kappa shape index (κ3) is 20.9. The van der Waals surface area contributed by atoms with Crippen molar-refractivity contribution >= 4 is 25.1 Å². The molecular formula is C26H43HgO7S. The van der Waals surface area contributed by atoms with Gasteiger partial charge in [-0.3, -0.25) is 14.1 Å². The zero-order valence-electron chi connectivity index (χ0n) is 21.6. The van der Waals surface area contributed by atoms with Gasteiger partial charge < -0.3 is 9.47 Å². The van der Waals surface area contributed by atoms with Gasteiger partial charge in [-0.25, -0.2) is 0 Å². The molecule has 1 unspecified atom stereocenters. The Labute approximate surface area is 228 Å². The van der Waals surface area contributed by atoms with E-state index < -0.39 is 33.7 Å². The fourth-order valence-corrected chi connectivity index (χ4v) is 4.93. The number of benzene rings is 1. The van der Waals surface area contributed by atoms with Crippen LogP contribution < -0.4 is 3.07 Å². The van der Waals surface area contributed by atoms with Gasteiger partial charge in [0.2, 0.25) is 0 Å². The van der Waals surface area contributed by atoms with Crippen molar-refractivity contribution in [3.8, 4) is 0 Å². The summed E-state index contributed by atoms with van der Waals surface area (Å²) in [4.78, 5) is 23.8. The number of carbonyl (C=O) groups excluding carboxylic acids is 2. The van der Waals surface area contributed by atoms with Crippen molar-refractivity contribution in [3.63, 3.8) is 0 Å². The van der Waals surface area contributed by atoms with Crippen LogP contribution in [0.25, 0.3) is 0 Å². The number of esters is 2. The molecule has 197 valence electrons. The Balaban J connectivity index is 0.00000140. The average Bonchev–Trinajstić information content (AvgIpc) is 2.81. The Bertz CT molecular complexity index is 769. The minimum absolute atomic E-state index is 0.0732. The maximum absolute atomic E-state index is 12.0. The molecule has 0 aliphatic heterocycles. The van der Waals surface area contributed by atoms with Crippen molar-refractivity contribution in [2.75, 3.05) is 13.2 Å². The van der Waals surface area contributed by atoms with E-state index >= 15 is 0 Å². The predicted molar refractivity (Wildman–Crippen MR) is 135 cm³/mol. The second-order valence-corrected chi connectivity index (χ2v) is 13.4. The molecule has 0 saturated heterocycles. The molecule has 0 aromatic heterocycles. The fourth-order valence-electron chi connectivity index (χ4n) is 3.22. The molecule has 0 bridgehead atoms. The normalized spacial score (nSPS) is 11.8. The Kier molecular flexibility index (Phi) is 21.6. The molecule has 0 spiro atoms. The minimum atomic E-state index is -4.73. The number of hydrogen-bond donors (Lipinski definition) is 1. The van der Waals surface area contributed by atoms with E-state index in [9.17, 15) is 22.6 Å². The molecule has 0 amide bonds. The Morgan fingerprint density at radius 2 is 1.26 bits per heavy atom. The molecule has 1 aromatic rings. The summed E-state index contributed by atoms with van der Waals surface area (Å²) in [6.07, 6.45) is 11.3. The van der Waals surface area contributed by atoms with Crippen LogP contribution in [0.4, 0.5) is 0 Å². The van der Waals surface area contributed by atoms with E-state index in [0.29, 0.717) is 12.8 Å². The summed E-state index contributed by atoms with van der Waals surface area (Å²) in [6.45, 7) is 4.50. The molecule has 35 heavy (non-hydrogen) atoms. The zero-order valence-corrected chi connectivity index (χ0v) is 27.9. The van der Waals surface area contributed by atoms with Crippen molar-refractivity contribution < 1.29 is 58.2 Å². The number of carbonyl (C=O) groups is 2. The zero-order chi connectivity index (χ0) is 26.4. The molecule has 0 aliphatic carbocycles. The van der Waals surface area contributed by atoms with Crippen LogP contribution in [0.5, 0.6) is 0 Å². The van der Waals surface area contributed by atoms with Crippen molar-refractivity contribution in [2.45, 2.75) is 103 Å². The van der Waals surface area contributed by atoms with Gasteiger partial charge in [0.1, 0.15) is 0 Å². The van der Waals surface area contributed by atoms with Gasteiger partial charge in [0.05, 0.1) is 19.6 Å². The molecule has 0 heterocycles. The first kappa shape index (κ1) is 34.0. The predicted octanol–water partition coefficient (Wildman–Crippen LogP) is 5.30. The van der Waals surface area contributed by atoms with Gasteiger partial charge >= 0.3 is 71.5 Å². The third-order valence-electron chi connectivity index (χ3n) is 5.32. The molecule has 1 aromatic carbocycles. The van der Waals surface area contributed by atoms with Gasteiger partial charge in [0.15, 0.2) is 5.25 Å². The number of rotatable bonds is 18. The topological polar surface area (TPSA) is 107 Å². The summed E-state index contributed by atoms with van der Waals surface area (Å²) < 4.78 is 43.6. The van der Waals surface area contributed by atoms with Gasteiger partial charge in [-0.05, 0) is 12.8 Å². The van der Waals surface area contributed by atoms with Crippen LogP contribution in [0.15, 0.2) is 30.3 Å². The molecule has 9 heteroatoms. The van der Waals surface area contributed by atoms with Gasteiger partial charge in [-0.15, -0.1) is 0 Å². The van der Waals surface area contributed by atoms with Crippen LogP contribution in [0.3, 0.4) is 0 Å². The van der Waals surface area contributed by atoms with E-state index in [1.165, 1.54) is 9.49 Å². The molecule has 0 fully saturated rings. The first-order valence-electron chi connectivity index (χ1n) is 12.9. The second-order valence-electron chi connectivity index (χ2n) is 8.62. The molecule has 1 rings (SSSR count). The first-order valence-corrected chi connectivity index (χ1v) is 17.1. The van der Waals surface area contributed by atoms with Gasteiger partial charge in [0.25, 0.3) is 10.1 Å². The molecule has 0 radical (unpaired) electrons. The van der Waals surface area contributed by atoms with Crippen LogP contribution >= 0.6 is 0 Å². The number of hydrogen-bond acceptors (Lipinski definition) is 6. The van der Waals surface area contributed by atoms with E-state index in [1.807, 2.05) is 0 Å². The van der Waals surface area contributed by atoms with Crippen molar-refractivity contribution in [2.24, 2.45) is 0 Å². The Hall–Kier alpha value is -0.995. The fraction of sp³-hybridized carbons (Fsp3) is 0.692. The average molecular weight is 700 g/mol. The third-order valence-corrected chi connectivity index (χ3v) is 8.23. The van der Waals surface area contributed by atoms with E-state index in [-0.39, 0.29) is 13.2 Å². The van der Waals surface area contributed by atoms with E-state index in [0.717, 1.165) is 83.9 Å². The molecular weight excluding hydrogens is 657 g/mol. The van der Waals surface area contributed by atoms with E-state index in [2.05, 4.69) is 44.2 Å². The summed E-state index contributed by atoms with van der Waals surface area (Å²) in [5.41, 5.74) is 0. The van der Waals surface area contributed by atoms with Gasteiger partial charge in [-0.1, -0.05) is 78.1 Å². The standard InChI is InChI=1S/C20H38O7S.C6H5.Hg/c1-3-5-7-9-11-13-15-26-19(21)17-18(28(23,24)25)20(22)27-16-14-12-10-8-6-4-2;1-2-4-6-5-3-1;/h18H,3-17H2,1-2H3,(H,23,24,25);1-5H;. The second kappa shape index (κ2) is 22.2. The number of unbranched alkanes of at least 4 members (excludes halogenated alkanes) is 10. The molecule has 1 atom stereocenters. The van der Waals surface area contributed by atoms with Crippen LogP contribution in [-0.2, 0) is 55.3 Å². The monoisotopic (exact) mass is 701 g/mol. The Morgan fingerprint density at radius 1 is 0.800 bits per heavy atom. The molecule has 7 nitrogen and oxygen atoms in total. The van der Waals surface area contributed by atoms with Crippen LogP contribution in [0, 0.1) is 0 Å².